The Balaban J connectivity index is 2.00. The normalized spacial score (nSPS) is 17.2. The summed E-state index contributed by atoms with van der Waals surface area (Å²) in [6, 6.07) is 8.04. The first-order valence-corrected chi connectivity index (χ1v) is 7.24. The van der Waals surface area contributed by atoms with Crippen molar-refractivity contribution in [2.24, 2.45) is 5.92 Å². The molecule has 1 unspecified atom stereocenters. The van der Waals surface area contributed by atoms with Gasteiger partial charge in [-0.3, -0.25) is 0 Å². The fourth-order valence-corrected chi connectivity index (χ4v) is 2.79. The first-order valence-electron chi connectivity index (χ1n) is 7.24. The lowest BCUT2D eigenvalue weighted by molar-refractivity contribution is 0.0526. The highest BCUT2D eigenvalue weighted by atomic mass is 16.5. The summed E-state index contributed by atoms with van der Waals surface area (Å²) in [4.78, 5) is 11.7. The average Bonchev–Trinajstić information content (AvgIpc) is 2.93. The molecule has 0 spiro atoms. The topological polar surface area (TPSA) is 38.3 Å². The van der Waals surface area contributed by atoms with Gasteiger partial charge < -0.3 is 10.1 Å². The van der Waals surface area contributed by atoms with Crippen LogP contribution in [0.1, 0.15) is 49.9 Å². The van der Waals surface area contributed by atoms with Crippen LogP contribution >= 0.6 is 0 Å². The maximum atomic E-state index is 11.7. The number of carbonyl (C=O) groups excluding carboxylic acids is 1. The molecule has 0 radical (unpaired) electrons. The molecule has 1 aromatic carbocycles. The minimum absolute atomic E-state index is 0.250. The van der Waals surface area contributed by atoms with Crippen LogP contribution in [0.5, 0.6) is 0 Å². The highest BCUT2D eigenvalue weighted by Crippen LogP contribution is 2.29. The monoisotopic (exact) mass is 261 g/mol. The fraction of sp³-hybridized carbons (Fsp3) is 0.562. The summed E-state index contributed by atoms with van der Waals surface area (Å²) in [5.74, 6) is 0.505. The first kappa shape index (κ1) is 13.9. The number of nitrogens with one attached hydrogen (secondary N) is 1. The third-order valence-electron chi connectivity index (χ3n) is 3.87. The molecule has 1 aromatic rings. The van der Waals surface area contributed by atoms with Crippen LogP contribution in [0.4, 0.5) is 5.69 Å². The number of esters is 1. The van der Waals surface area contributed by atoms with Gasteiger partial charge in [-0.1, -0.05) is 18.9 Å². The Bertz CT molecular complexity index is 425. The van der Waals surface area contributed by atoms with Crippen molar-refractivity contribution in [1.29, 1.82) is 0 Å². The molecule has 1 N–H and O–H groups in total. The van der Waals surface area contributed by atoms with Crippen molar-refractivity contribution in [2.75, 3.05) is 11.9 Å². The zero-order chi connectivity index (χ0) is 13.7. The molecule has 3 heteroatoms. The molecule has 1 fully saturated rings. The van der Waals surface area contributed by atoms with Crippen LogP contribution in [0.3, 0.4) is 0 Å². The number of rotatable bonds is 5. The van der Waals surface area contributed by atoms with Crippen molar-refractivity contribution in [3.05, 3.63) is 29.8 Å². The van der Waals surface area contributed by atoms with Crippen molar-refractivity contribution in [3.8, 4) is 0 Å². The van der Waals surface area contributed by atoms with Gasteiger partial charge in [0.15, 0.2) is 0 Å². The van der Waals surface area contributed by atoms with Crippen molar-refractivity contribution >= 4 is 11.7 Å². The predicted octanol–water partition coefficient (Wildman–Crippen LogP) is 3.85. The molecule has 1 aliphatic carbocycles. The molecule has 1 atom stereocenters. The number of hydrogen-bond acceptors (Lipinski definition) is 3. The molecule has 1 aliphatic rings. The molecule has 0 amide bonds. The Morgan fingerprint density at radius 3 is 2.84 bits per heavy atom. The second-order valence-electron chi connectivity index (χ2n) is 5.28. The lowest BCUT2D eigenvalue weighted by atomic mass is 9.99. The zero-order valence-electron chi connectivity index (χ0n) is 11.8. The number of anilines is 1. The molecule has 19 heavy (non-hydrogen) atoms. The third kappa shape index (κ3) is 3.72. The van der Waals surface area contributed by atoms with Crippen molar-refractivity contribution in [2.45, 2.75) is 45.6 Å². The van der Waals surface area contributed by atoms with E-state index in [0.717, 1.165) is 11.6 Å². The van der Waals surface area contributed by atoms with Crippen molar-refractivity contribution in [3.63, 3.8) is 0 Å². The molecule has 0 saturated heterocycles. The Hall–Kier alpha value is -1.51. The minimum atomic E-state index is -0.250. The van der Waals surface area contributed by atoms with Crippen LogP contribution in [0, 0.1) is 5.92 Å². The van der Waals surface area contributed by atoms with E-state index in [1.165, 1.54) is 25.7 Å². The zero-order valence-corrected chi connectivity index (χ0v) is 11.8. The maximum absolute atomic E-state index is 11.7. The average molecular weight is 261 g/mol. The third-order valence-corrected chi connectivity index (χ3v) is 3.87. The van der Waals surface area contributed by atoms with Gasteiger partial charge in [0.2, 0.25) is 0 Å². The van der Waals surface area contributed by atoms with Gasteiger partial charge in [-0.05, 0) is 50.8 Å². The predicted molar refractivity (Wildman–Crippen MR) is 77.4 cm³/mol. The lowest BCUT2D eigenvalue weighted by Crippen LogP contribution is -2.23. The van der Waals surface area contributed by atoms with E-state index in [0.29, 0.717) is 18.2 Å². The fourth-order valence-electron chi connectivity index (χ4n) is 2.79. The first-order chi connectivity index (χ1) is 9.20. The van der Waals surface area contributed by atoms with Gasteiger partial charge in [0, 0.05) is 11.7 Å². The lowest BCUT2D eigenvalue weighted by Gasteiger charge is -2.21. The van der Waals surface area contributed by atoms with Gasteiger partial charge in [-0.2, -0.15) is 0 Å². The Kier molecular flexibility index (Phi) is 4.83. The molecule has 1 saturated carbocycles. The molecule has 2 rings (SSSR count). The van der Waals surface area contributed by atoms with Crippen LogP contribution in [-0.2, 0) is 4.74 Å². The SMILES string of the molecule is CCOC(=O)c1cccc(NC(C)C2CCCC2)c1. The summed E-state index contributed by atoms with van der Waals surface area (Å²) in [6.45, 7) is 4.46. The molecule has 3 nitrogen and oxygen atoms in total. The highest BCUT2D eigenvalue weighted by Gasteiger charge is 2.21. The van der Waals surface area contributed by atoms with Gasteiger partial charge in [0.25, 0.3) is 0 Å². The van der Waals surface area contributed by atoms with Crippen LogP contribution in [0.2, 0.25) is 0 Å². The molecule has 0 aromatic heterocycles. The largest absolute Gasteiger partial charge is 0.462 e. The van der Waals surface area contributed by atoms with E-state index >= 15 is 0 Å². The molecular formula is C16H23NO2. The number of hydrogen-bond donors (Lipinski definition) is 1. The quantitative estimate of drug-likeness (QED) is 0.818. The van der Waals surface area contributed by atoms with Crippen LogP contribution < -0.4 is 5.32 Å². The Morgan fingerprint density at radius 2 is 2.16 bits per heavy atom. The van der Waals surface area contributed by atoms with Crippen molar-refractivity contribution < 1.29 is 9.53 Å². The van der Waals surface area contributed by atoms with E-state index in [1.807, 2.05) is 25.1 Å². The van der Waals surface area contributed by atoms with Gasteiger partial charge in [-0.25, -0.2) is 4.79 Å². The standard InChI is InChI=1S/C16H23NO2/c1-3-19-16(18)14-9-6-10-15(11-14)17-12(2)13-7-4-5-8-13/h6,9-13,17H,3-5,7-8H2,1-2H3. The minimum Gasteiger partial charge on any atom is -0.462 e. The number of carbonyl (C=O) groups is 1. The molecular weight excluding hydrogens is 238 g/mol. The van der Waals surface area contributed by atoms with Crippen molar-refractivity contribution in [1.82, 2.24) is 0 Å². The molecule has 0 bridgehead atoms. The van der Waals surface area contributed by atoms with E-state index in [2.05, 4.69) is 12.2 Å². The summed E-state index contributed by atoms with van der Waals surface area (Å²) in [7, 11) is 0. The second-order valence-corrected chi connectivity index (χ2v) is 5.28. The number of benzene rings is 1. The van der Waals surface area contributed by atoms with Crippen LogP contribution in [0.15, 0.2) is 24.3 Å². The summed E-state index contributed by atoms with van der Waals surface area (Å²) >= 11 is 0. The van der Waals surface area contributed by atoms with E-state index in [4.69, 9.17) is 4.74 Å². The van der Waals surface area contributed by atoms with E-state index < -0.39 is 0 Å². The summed E-state index contributed by atoms with van der Waals surface area (Å²) in [5, 5.41) is 3.51. The van der Waals surface area contributed by atoms with Crippen LogP contribution in [-0.4, -0.2) is 18.6 Å². The highest BCUT2D eigenvalue weighted by molar-refractivity contribution is 5.90. The Morgan fingerprint density at radius 1 is 1.42 bits per heavy atom. The summed E-state index contributed by atoms with van der Waals surface area (Å²) in [6.07, 6.45) is 5.32. The van der Waals surface area contributed by atoms with E-state index in [9.17, 15) is 4.79 Å². The maximum Gasteiger partial charge on any atom is 0.338 e. The van der Waals surface area contributed by atoms with E-state index in [-0.39, 0.29) is 5.97 Å². The number of ether oxygens (including phenoxy) is 1. The van der Waals surface area contributed by atoms with Gasteiger partial charge in [0.1, 0.15) is 0 Å². The van der Waals surface area contributed by atoms with Gasteiger partial charge in [-0.15, -0.1) is 0 Å². The molecule has 0 heterocycles. The molecule has 0 aliphatic heterocycles. The Labute approximate surface area is 115 Å². The van der Waals surface area contributed by atoms with Gasteiger partial charge in [0.05, 0.1) is 12.2 Å². The summed E-state index contributed by atoms with van der Waals surface area (Å²) < 4.78 is 5.02. The second kappa shape index (κ2) is 6.60. The van der Waals surface area contributed by atoms with E-state index in [1.54, 1.807) is 6.07 Å². The smallest absolute Gasteiger partial charge is 0.338 e. The van der Waals surface area contributed by atoms with Gasteiger partial charge >= 0.3 is 5.97 Å². The molecule has 104 valence electrons. The summed E-state index contributed by atoms with van der Waals surface area (Å²) in [5.41, 5.74) is 1.62. The van der Waals surface area contributed by atoms with Crippen LogP contribution in [0.25, 0.3) is 0 Å².